The Bertz CT molecular complexity index is 375. The number of hydrogen-bond acceptors (Lipinski definition) is 3. The van der Waals surface area contributed by atoms with E-state index in [2.05, 4.69) is 5.32 Å². The molecule has 1 saturated heterocycles. The van der Waals surface area contributed by atoms with Crippen molar-refractivity contribution in [1.82, 2.24) is 5.32 Å². The van der Waals surface area contributed by atoms with Gasteiger partial charge in [-0.15, -0.1) is 0 Å². The number of rotatable bonds is 2. The minimum absolute atomic E-state index is 0.155. The van der Waals surface area contributed by atoms with E-state index in [0.717, 1.165) is 24.9 Å². The van der Waals surface area contributed by atoms with E-state index in [1.165, 1.54) is 6.07 Å². The third-order valence-electron chi connectivity index (χ3n) is 3.01. The zero-order chi connectivity index (χ0) is 11.6. The number of aromatic hydroxyl groups is 1. The number of benzene rings is 1. The van der Waals surface area contributed by atoms with Gasteiger partial charge >= 0.3 is 0 Å². The van der Waals surface area contributed by atoms with Gasteiger partial charge in [-0.05, 0) is 37.1 Å². The molecule has 2 rings (SSSR count). The summed E-state index contributed by atoms with van der Waals surface area (Å²) in [5, 5.41) is 23.3. The second-order valence-corrected chi connectivity index (χ2v) is 4.86. The van der Waals surface area contributed by atoms with Gasteiger partial charge in [-0.25, -0.2) is 0 Å². The Kier molecular flexibility index (Phi) is 3.38. The molecular weight excluding hydrogens is 226 g/mol. The Balaban J connectivity index is 2.13. The number of halogens is 1. The van der Waals surface area contributed by atoms with Crippen LogP contribution in [0.2, 0.25) is 5.02 Å². The molecule has 0 saturated carbocycles. The molecule has 1 aromatic rings. The average Bonchev–Trinajstić information content (AvgIpc) is 2.23. The lowest BCUT2D eigenvalue weighted by Gasteiger charge is -2.33. The Morgan fingerprint density at radius 2 is 2.25 bits per heavy atom. The van der Waals surface area contributed by atoms with Gasteiger partial charge < -0.3 is 15.5 Å². The first-order valence-electron chi connectivity index (χ1n) is 5.50. The van der Waals surface area contributed by atoms with Gasteiger partial charge in [0.25, 0.3) is 0 Å². The maximum Gasteiger partial charge on any atom is 0.117 e. The van der Waals surface area contributed by atoms with Gasteiger partial charge in [-0.3, -0.25) is 0 Å². The Morgan fingerprint density at radius 1 is 1.44 bits per heavy atom. The van der Waals surface area contributed by atoms with Crippen LogP contribution < -0.4 is 5.32 Å². The highest BCUT2D eigenvalue weighted by Gasteiger charge is 2.29. The summed E-state index contributed by atoms with van der Waals surface area (Å²) in [6.45, 7) is 1.57. The van der Waals surface area contributed by atoms with Crippen molar-refractivity contribution in [3.8, 4) is 5.75 Å². The molecule has 16 heavy (non-hydrogen) atoms. The van der Waals surface area contributed by atoms with Crippen molar-refractivity contribution >= 4 is 11.6 Å². The van der Waals surface area contributed by atoms with E-state index in [0.29, 0.717) is 18.0 Å². The van der Waals surface area contributed by atoms with E-state index in [4.69, 9.17) is 11.6 Å². The lowest BCUT2D eigenvalue weighted by molar-refractivity contribution is 0.0169. The molecule has 88 valence electrons. The van der Waals surface area contributed by atoms with Crippen LogP contribution in [0, 0.1) is 0 Å². The number of aliphatic hydroxyl groups is 1. The Morgan fingerprint density at radius 3 is 2.88 bits per heavy atom. The fourth-order valence-corrected chi connectivity index (χ4v) is 2.38. The van der Waals surface area contributed by atoms with Gasteiger partial charge in [-0.1, -0.05) is 17.7 Å². The number of nitrogens with one attached hydrogen (secondary N) is 1. The van der Waals surface area contributed by atoms with Crippen molar-refractivity contribution in [3.05, 3.63) is 28.8 Å². The van der Waals surface area contributed by atoms with E-state index in [9.17, 15) is 10.2 Å². The molecule has 0 radical (unpaired) electrons. The topological polar surface area (TPSA) is 52.5 Å². The van der Waals surface area contributed by atoms with Crippen LogP contribution in [-0.4, -0.2) is 28.9 Å². The fraction of sp³-hybridized carbons (Fsp3) is 0.500. The van der Waals surface area contributed by atoms with E-state index in [-0.39, 0.29) is 5.75 Å². The summed E-state index contributed by atoms with van der Waals surface area (Å²) in [4.78, 5) is 0. The minimum Gasteiger partial charge on any atom is -0.508 e. The van der Waals surface area contributed by atoms with Crippen molar-refractivity contribution in [2.45, 2.75) is 24.9 Å². The number of β-amino-alcohol motifs (C(OH)–C–C–N with tert-alkyl or cyclic N) is 1. The maximum atomic E-state index is 10.3. The molecule has 1 aliphatic rings. The summed E-state index contributed by atoms with van der Waals surface area (Å²) in [5.74, 6) is 0.155. The highest BCUT2D eigenvalue weighted by atomic mass is 35.5. The highest BCUT2D eigenvalue weighted by molar-refractivity contribution is 6.31. The predicted molar refractivity (Wildman–Crippen MR) is 63.9 cm³/mol. The summed E-state index contributed by atoms with van der Waals surface area (Å²) >= 11 is 6.02. The summed E-state index contributed by atoms with van der Waals surface area (Å²) < 4.78 is 0. The molecule has 3 N–H and O–H groups in total. The van der Waals surface area contributed by atoms with Crippen LogP contribution >= 0.6 is 11.6 Å². The number of phenols is 1. The molecule has 4 heteroatoms. The maximum absolute atomic E-state index is 10.3. The second kappa shape index (κ2) is 4.62. The van der Waals surface area contributed by atoms with Crippen LogP contribution in [0.25, 0.3) is 0 Å². The lowest BCUT2D eigenvalue weighted by Crippen LogP contribution is -2.47. The predicted octanol–water partition coefficient (Wildman–Crippen LogP) is 1.70. The first kappa shape index (κ1) is 11.7. The number of phenolic OH excluding ortho intramolecular Hbond substituents is 1. The standard InChI is InChI=1S/C12H16ClNO2/c13-11-6-10(15)3-2-9(11)7-12(16)4-1-5-14-8-12/h2-3,6,14-16H,1,4-5,7-8H2. The van der Waals surface area contributed by atoms with Gasteiger partial charge in [-0.2, -0.15) is 0 Å². The fourth-order valence-electron chi connectivity index (χ4n) is 2.14. The molecule has 0 aliphatic carbocycles. The van der Waals surface area contributed by atoms with Crippen molar-refractivity contribution in [2.24, 2.45) is 0 Å². The molecule has 1 heterocycles. The molecule has 1 fully saturated rings. The van der Waals surface area contributed by atoms with Gasteiger partial charge in [0.05, 0.1) is 5.60 Å². The first-order chi connectivity index (χ1) is 7.59. The largest absolute Gasteiger partial charge is 0.508 e. The van der Waals surface area contributed by atoms with Crippen LogP contribution in [0.4, 0.5) is 0 Å². The molecule has 0 spiro atoms. The summed E-state index contributed by atoms with van der Waals surface area (Å²) in [6, 6.07) is 4.88. The highest BCUT2D eigenvalue weighted by Crippen LogP contribution is 2.28. The third-order valence-corrected chi connectivity index (χ3v) is 3.36. The van der Waals surface area contributed by atoms with Gasteiger partial charge in [0, 0.05) is 18.0 Å². The minimum atomic E-state index is -0.709. The first-order valence-corrected chi connectivity index (χ1v) is 5.87. The SMILES string of the molecule is Oc1ccc(CC2(O)CCCNC2)c(Cl)c1. The Labute approximate surface area is 100 Å². The molecule has 0 aromatic heterocycles. The van der Waals surface area contributed by atoms with E-state index in [1.807, 2.05) is 0 Å². The van der Waals surface area contributed by atoms with E-state index < -0.39 is 5.60 Å². The molecule has 0 amide bonds. The third kappa shape index (κ3) is 2.67. The smallest absolute Gasteiger partial charge is 0.117 e. The van der Waals surface area contributed by atoms with Crippen molar-refractivity contribution < 1.29 is 10.2 Å². The zero-order valence-corrected chi connectivity index (χ0v) is 9.80. The average molecular weight is 242 g/mol. The normalized spacial score (nSPS) is 25.6. The molecule has 3 nitrogen and oxygen atoms in total. The number of hydrogen-bond donors (Lipinski definition) is 3. The van der Waals surface area contributed by atoms with Crippen LogP contribution in [0.1, 0.15) is 18.4 Å². The summed E-state index contributed by atoms with van der Waals surface area (Å²) in [5.41, 5.74) is 0.171. The van der Waals surface area contributed by atoms with Crippen molar-refractivity contribution in [1.29, 1.82) is 0 Å². The molecular formula is C12H16ClNO2. The van der Waals surface area contributed by atoms with Crippen LogP contribution in [0.3, 0.4) is 0 Å². The van der Waals surface area contributed by atoms with Crippen LogP contribution in [-0.2, 0) is 6.42 Å². The molecule has 1 aromatic carbocycles. The Hall–Kier alpha value is -0.770. The van der Waals surface area contributed by atoms with E-state index >= 15 is 0 Å². The molecule has 1 unspecified atom stereocenters. The van der Waals surface area contributed by atoms with Gasteiger partial charge in [0.15, 0.2) is 0 Å². The second-order valence-electron chi connectivity index (χ2n) is 4.46. The quantitative estimate of drug-likeness (QED) is 0.739. The van der Waals surface area contributed by atoms with Gasteiger partial charge in [0.2, 0.25) is 0 Å². The molecule has 0 bridgehead atoms. The summed E-state index contributed by atoms with van der Waals surface area (Å²) in [7, 11) is 0. The number of piperidine rings is 1. The molecule has 1 aliphatic heterocycles. The zero-order valence-electron chi connectivity index (χ0n) is 9.04. The van der Waals surface area contributed by atoms with Crippen LogP contribution in [0.5, 0.6) is 5.75 Å². The molecule has 1 atom stereocenters. The van der Waals surface area contributed by atoms with E-state index in [1.54, 1.807) is 12.1 Å². The summed E-state index contributed by atoms with van der Waals surface area (Å²) in [6.07, 6.45) is 2.29. The monoisotopic (exact) mass is 241 g/mol. The van der Waals surface area contributed by atoms with Crippen molar-refractivity contribution in [2.75, 3.05) is 13.1 Å². The van der Waals surface area contributed by atoms with Crippen molar-refractivity contribution in [3.63, 3.8) is 0 Å². The van der Waals surface area contributed by atoms with Gasteiger partial charge in [0.1, 0.15) is 5.75 Å². The van der Waals surface area contributed by atoms with Crippen LogP contribution in [0.15, 0.2) is 18.2 Å². The lowest BCUT2D eigenvalue weighted by atomic mass is 9.87.